The maximum Gasteiger partial charge on any atom is 0.0684 e. The van der Waals surface area contributed by atoms with Crippen molar-refractivity contribution in [2.75, 3.05) is 33.7 Å². The predicted octanol–water partition coefficient (Wildman–Crippen LogP) is 0.393. The molecule has 1 atom stereocenters. The lowest BCUT2D eigenvalue weighted by atomic mass is 10.0. The highest BCUT2D eigenvalue weighted by Crippen LogP contribution is 2.27. The van der Waals surface area contributed by atoms with Gasteiger partial charge >= 0.3 is 0 Å². The van der Waals surface area contributed by atoms with Crippen molar-refractivity contribution < 1.29 is 5.11 Å². The molecule has 0 aromatic heterocycles. The topological polar surface area (TPSA) is 26.7 Å². The van der Waals surface area contributed by atoms with Crippen LogP contribution >= 0.6 is 0 Å². The number of hydrogen-bond donors (Lipinski definition) is 1. The molecule has 1 fully saturated rings. The van der Waals surface area contributed by atoms with Crippen molar-refractivity contribution >= 4 is 0 Å². The number of likely N-dealkylation sites (tertiary alicyclic amines) is 1. The van der Waals surface area contributed by atoms with Gasteiger partial charge in [-0.05, 0) is 34.4 Å². The first-order chi connectivity index (χ1) is 5.92. The fourth-order valence-corrected chi connectivity index (χ4v) is 1.99. The summed E-state index contributed by atoms with van der Waals surface area (Å²) in [6, 6.07) is 0. The van der Waals surface area contributed by atoms with Crippen LogP contribution in [-0.4, -0.2) is 60.3 Å². The highest BCUT2D eigenvalue weighted by molar-refractivity contribution is 4.92. The first-order valence-electron chi connectivity index (χ1n) is 4.99. The Morgan fingerprint density at radius 1 is 1.46 bits per heavy atom. The highest BCUT2D eigenvalue weighted by Gasteiger charge is 2.36. The van der Waals surface area contributed by atoms with E-state index >= 15 is 0 Å². The van der Waals surface area contributed by atoms with Gasteiger partial charge in [0, 0.05) is 25.2 Å². The number of likely N-dealkylation sites (N-methyl/N-ethyl adjacent to an activating group) is 1. The van der Waals surface area contributed by atoms with Crippen molar-refractivity contribution in [3.63, 3.8) is 0 Å². The zero-order valence-electron chi connectivity index (χ0n) is 9.25. The summed E-state index contributed by atoms with van der Waals surface area (Å²) in [4.78, 5) is 4.55. The Balaban J connectivity index is 2.41. The minimum Gasteiger partial charge on any atom is -0.392 e. The molecule has 0 amide bonds. The first-order valence-corrected chi connectivity index (χ1v) is 4.99. The van der Waals surface area contributed by atoms with Crippen LogP contribution in [0.5, 0.6) is 0 Å². The summed E-state index contributed by atoms with van der Waals surface area (Å²) in [5.74, 6) is 0. The van der Waals surface area contributed by atoms with E-state index in [4.69, 9.17) is 0 Å². The summed E-state index contributed by atoms with van der Waals surface area (Å²) in [6.07, 6.45) is 0.776. The number of nitrogens with zero attached hydrogens (tertiary/aromatic N) is 2. The molecule has 1 heterocycles. The Morgan fingerprint density at radius 3 is 2.46 bits per heavy atom. The maximum absolute atomic E-state index is 9.55. The number of aliphatic hydroxyl groups is 1. The Labute approximate surface area is 81.3 Å². The van der Waals surface area contributed by atoms with E-state index in [0.29, 0.717) is 0 Å². The van der Waals surface area contributed by atoms with E-state index in [1.807, 2.05) is 0 Å². The molecule has 1 aliphatic rings. The smallest absolute Gasteiger partial charge is 0.0684 e. The monoisotopic (exact) mass is 186 g/mol. The summed E-state index contributed by atoms with van der Waals surface area (Å²) < 4.78 is 0. The molecule has 0 aromatic rings. The third-order valence-electron chi connectivity index (χ3n) is 2.84. The van der Waals surface area contributed by atoms with Gasteiger partial charge in [0.15, 0.2) is 0 Å². The van der Waals surface area contributed by atoms with E-state index in [9.17, 15) is 5.11 Å². The molecule has 0 saturated carbocycles. The molecular weight excluding hydrogens is 164 g/mol. The van der Waals surface area contributed by atoms with Crippen LogP contribution in [-0.2, 0) is 0 Å². The zero-order chi connectivity index (χ0) is 10.1. The van der Waals surface area contributed by atoms with Gasteiger partial charge in [-0.25, -0.2) is 0 Å². The second-order valence-corrected chi connectivity index (χ2v) is 4.92. The molecule has 1 saturated heterocycles. The Morgan fingerprint density at radius 2 is 2.08 bits per heavy atom. The summed E-state index contributed by atoms with van der Waals surface area (Å²) in [5, 5.41) is 9.55. The van der Waals surface area contributed by atoms with Crippen LogP contribution in [0, 0.1) is 0 Å². The molecule has 78 valence electrons. The summed E-state index contributed by atoms with van der Waals surface area (Å²) in [7, 11) is 4.17. The SMILES string of the molecule is CN(C)CCN1CC(O)CC1(C)C. The molecule has 1 rings (SSSR count). The van der Waals surface area contributed by atoms with E-state index in [-0.39, 0.29) is 11.6 Å². The van der Waals surface area contributed by atoms with Crippen LogP contribution in [0.3, 0.4) is 0 Å². The van der Waals surface area contributed by atoms with Crippen molar-refractivity contribution in [1.29, 1.82) is 0 Å². The average molecular weight is 186 g/mol. The van der Waals surface area contributed by atoms with Crippen molar-refractivity contribution in [3.05, 3.63) is 0 Å². The number of β-amino-alcohol motifs (C(OH)–C–C–N with tert-alkyl or cyclic N) is 1. The van der Waals surface area contributed by atoms with Crippen LogP contribution in [0.4, 0.5) is 0 Å². The van der Waals surface area contributed by atoms with Crippen molar-refractivity contribution in [3.8, 4) is 0 Å². The van der Waals surface area contributed by atoms with Crippen LogP contribution < -0.4 is 0 Å². The second kappa shape index (κ2) is 3.95. The summed E-state index contributed by atoms with van der Waals surface area (Å²) in [5.41, 5.74) is 0.176. The Bertz CT molecular complexity index is 168. The van der Waals surface area contributed by atoms with Gasteiger partial charge in [0.1, 0.15) is 0 Å². The normalized spacial score (nSPS) is 28.6. The lowest BCUT2D eigenvalue weighted by Crippen LogP contribution is -2.41. The third-order valence-corrected chi connectivity index (χ3v) is 2.84. The van der Waals surface area contributed by atoms with Gasteiger partial charge in [-0.15, -0.1) is 0 Å². The summed E-state index contributed by atoms with van der Waals surface area (Å²) in [6.45, 7) is 7.37. The molecule has 1 unspecified atom stereocenters. The zero-order valence-corrected chi connectivity index (χ0v) is 9.25. The van der Waals surface area contributed by atoms with E-state index in [1.54, 1.807) is 0 Å². The molecule has 0 radical (unpaired) electrons. The van der Waals surface area contributed by atoms with Gasteiger partial charge in [-0.1, -0.05) is 0 Å². The molecule has 0 bridgehead atoms. The van der Waals surface area contributed by atoms with Gasteiger partial charge in [0.05, 0.1) is 6.10 Å². The van der Waals surface area contributed by atoms with Crippen LogP contribution in [0.2, 0.25) is 0 Å². The molecule has 3 nitrogen and oxygen atoms in total. The Kier molecular flexibility index (Phi) is 3.33. The number of hydrogen-bond acceptors (Lipinski definition) is 3. The molecule has 1 aliphatic heterocycles. The third kappa shape index (κ3) is 2.93. The second-order valence-electron chi connectivity index (χ2n) is 4.92. The minimum atomic E-state index is -0.128. The number of aliphatic hydroxyl groups excluding tert-OH is 1. The van der Waals surface area contributed by atoms with Gasteiger partial charge in [0.25, 0.3) is 0 Å². The van der Waals surface area contributed by atoms with Gasteiger partial charge < -0.3 is 10.0 Å². The highest BCUT2D eigenvalue weighted by atomic mass is 16.3. The van der Waals surface area contributed by atoms with Crippen molar-refractivity contribution in [1.82, 2.24) is 9.80 Å². The predicted molar refractivity (Wildman–Crippen MR) is 54.8 cm³/mol. The molecule has 0 aliphatic carbocycles. The van der Waals surface area contributed by atoms with Crippen LogP contribution in [0.15, 0.2) is 0 Å². The minimum absolute atomic E-state index is 0.128. The molecule has 1 N–H and O–H groups in total. The van der Waals surface area contributed by atoms with E-state index in [1.165, 1.54) is 0 Å². The molecule has 13 heavy (non-hydrogen) atoms. The van der Waals surface area contributed by atoms with Crippen molar-refractivity contribution in [2.24, 2.45) is 0 Å². The fraction of sp³-hybridized carbons (Fsp3) is 1.00. The van der Waals surface area contributed by atoms with E-state index in [0.717, 1.165) is 26.1 Å². The lowest BCUT2D eigenvalue weighted by molar-refractivity contribution is 0.152. The molecule has 0 aromatic carbocycles. The van der Waals surface area contributed by atoms with E-state index in [2.05, 4.69) is 37.7 Å². The van der Waals surface area contributed by atoms with Gasteiger partial charge in [0.2, 0.25) is 0 Å². The maximum atomic E-state index is 9.55. The number of rotatable bonds is 3. The quantitative estimate of drug-likeness (QED) is 0.691. The first kappa shape index (κ1) is 11.0. The Hall–Kier alpha value is -0.120. The van der Waals surface area contributed by atoms with Crippen molar-refractivity contribution in [2.45, 2.75) is 31.9 Å². The molecular formula is C10H22N2O. The lowest BCUT2D eigenvalue weighted by Gasteiger charge is -2.31. The molecule has 0 spiro atoms. The van der Waals surface area contributed by atoms with E-state index < -0.39 is 0 Å². The fourth-order valence-electron chi connectivity index (χ4n) is 1.99. The average Bonchev–Trinajstić information content (AvgIpc) is 2.19. The summed E-state index contributed by atoms with van der Waals surface area (Å²) >= 11 is 0. The van der Waals surface area contributed by atoms with Gasteiger partial charge in [-0.3, -0.25) is 4.90 Å². The van der Waals surface area contributed by atoms with Crippen LogP contribution in [0.25, 0.3) is 0 Å². The van der Waals surface area contributed by atoms with Crippen LogP contribution in [0.1, 0.15) is 20.3 Å². The molecule has 3 heteroatoms. The largest absolute Gasteiger partial charge is 0.392 e. The van der Waals surface area contributed by atoms with Gasteiger partial charge in [-0.2, -0.15) is 0 Å². The standard InChI is InChI=1S/C10H22N2O/c1-10(2)7-9(13)8-12(10)6-5-11(3)4/h9,13H,5-8H2,1-4H3.